The summed E-state index contributed by atoms with van der Waals surface area (Å²) < 4.78 is 22.5. The Balaban J connectivity index is 2.95. The zero-order valence-electron chi connectivity index (χ0n) is 9.89. The molecular weight excluding hydrogens is 240 g/mol. The van der Waals surface area contributed by atoms with E-state index < -0.39 is 9.84 Å². The Morgan fingerprint density at radius 1 is 1.18 bits per heavy atom. The van der Waals surface area contributed by atoms with E-state index in [2.05, 4.69) is 10.5 Å². The Kier molecular flexibility index (Phi) is 4.01. The van der Waals surface area contributed by atoms with Gasteiger partial charge in [-0.25, -0.2) is 13.8 Å². The first-order valence-corrected chi connectivity index (χ1v) is 6.81. The number of rotatable bonds is 3. The standard InChI is InChI=1S/C11H14N2O3S/c1-8(12-13-9(2)14)10-4-6-11(7-5-10)17(3,15)16/h4-7H,1-3H3,(H,13,14)/b12-8-. The van der Waals surface area contributed by atoms with E-state index in [4.69, 9.17) is 0 Å². The summed E-state index contributed by atoms with van der Waals surface area (Å²) >= 11 is 0. The highest BCUT2D eigenvalue weighted by Gasteiger charge is 2.06. The van der Waals surface area contributed by atoms with Crippen LogP contribution in [0.25, 0.3) is 0 Å². The van der Waals surface area contributed by atoms with Gasteiger partial charge in [0, 0.05) is 13.2 Å². The number of hydrogen-bond acceptors (Lipinski definition) is 4. The summed E-state index contributed by atoms with van der Waals surface area (Å²) in [7, 11) is -3.18. The molecule has 1 amide bonds. The molecule has 1 N–H and O–H groups in total. The monoisotopic (exact) mass is 254 g/mol. The minimum atomic E-state index is -3.18. The fourth-order valence-electron chi connectivity index (χ4n) is 1.17. The van der Waals surface area contributed by atoms with Crippen LogP contribution in [0.2, 0.25) is 0 Å². The van der Waals surface area contributed by atoms with Gasteiger partial charge in [0.2, 0.25) is 5.91 Å². The first-order chi connectivity index (χ1) is 7.80. The van der Waals surface area contributed by atoms with Crippen LogP contribution in [0.4, 0.5) is 0 Å². The number of nitrogens with one attached hydrogen (secondary N) is 1. The van der Waals surface area contributed by atoms with Crippen LogP contribution < -0.4 is 5.43 Å². The lowest BCUT2D eigenvalue weighted by Gasteiger charge is -2.02. The van der Waals surface area contributed by atoms with Gasteiger partial charge in [-0.15, -0.1) is 0 Å². The van der Waals surface area contributed by atoms with Gasteiger partial charge in [0.05, 0.1) is 10.6 Å². The fraction of sp³-hybridized carbons (Fsp3) is 0.273. The van der Waals surface area contributed by atoms with E-state index in [1.807, 2.05) is 0 Å². The van der Waals surface area contributed by atoms with Crippen molar-refractivity contribution in [2.45, 2.75) is 18.7 Å². The molecule has 0 unspecified atom stereocenters. The van der Waals surface area contributed by atoms with Gasteiger partial charge in [0.25, 0.3) is 0 Å². The van der Waals surface area contributed by atoms with Gasteiger partial charge in [-0.05, 0) is 24.6 Å². The van der Waals surface area contributed by atoms with Crippen LogP contribution in [0.1, 0.15) is 19.4 Å². The van der Waals surface area contributed by atoms with Crippen molar-refractivity contribution in [1.29, 1.82) is 0 Å². The highest BCUT2D eigenvalue weighted by Crippen LogP contribution is 2.10. The van der Waals surface area contributed by atoms with Crippen LogP contribution in [-0.4, -0.2) is 26.3 Å². The summed E-state index contributed by atoms with van der Waals surface area (Å²) in [5.74, 6) is -0.253. The normalized spacial score (nSPS) is 12.3. The number of sulfone groups is 1. The molecule has 0 aliphatic rings. The number of benzene rings is 1. The molecule has 1 rings (SSSR count). The van der Waals surface area contributed by atoms with Crippen LogP contribution in [-0.2, 0) is 14.6 Å². The van der Waals surface area contributed by atoms with Crippen molar-refractivity contribution in [1.82, 2.24) is 5.43 Å². The summed E-state index contributed by atoms with van der Waals surface area (Å²) in [6.07, 6.45) is 1.15. The number of hydrazone groups is 1. The Morgan fingerprint density at radius 3 is 2.12 bits per heavy atom. The van der Waals surface area contributed by atoms with E-state index in [9.17, 15) is 13.2 Å². The van der Waals surface area contributed by atoms with Crippen molar-refractivity contribution in [3.8, 4) is 0 Å². The van der Waals surface area contributed by atoms with Gasteiger partial charge in [-0.3, -0.25) is 4.79 Å². The molecule has 0 saturated heterocycles. The molecule has 0 fully saturated rings. The SMILES string of the molecule is CC(=O)N/N=C(/C)c1ccc(S(C)(=O)=O)cc1. The molecule has 5 nitrogen and oxygen atoms in total. The smallest absolute Gasteiger partial charge is 0.236 e. The van der Waals surface area contributed by atoms with Gasteiger partial charge < -0.3 is 0 Å². The third kappa shape index (κ3) is 3.99. The van der Waals surface area contributed by atoms with Crippen LogP contribution in [0.15, 0.2) is 34.3 Å². The molecule has 92 valence electrons. The largest absolute Gasteiger partial charge is 0.274 e. The predicted molar refractivity (Wildman–Crippen MR) is 65.6 cm³/mol. The van der Waals surface area contributed by atoms with E-state index in [1.54, 1.807) is 19.1 Å². The van der Waals surface area contributed by atoms with Crippen LogP contribution >= 0.6 is 0 Å². The summed E-state index contributed by atoms with van der Waals surface area (Å²) in [6, 6.07) is 6.32. The Bertz CT molecular complexity index is 545. The first kappa shape index (κ1) is 13.4. The molecule has 0 radical (unpaired) electrons. The lowest BCUT2D eigenvalue weighted by molar-refractivity contribution is -0.118. The number of hydrogen-bond donors (Lipinski definition) is 1. The maximum absolute atomic E-state index is 11.2. The average Bonchev–Trinajstić information content (AvgIpc) is 2.25. The van der Waals surface area contributed by atoms with Gasteiger partial charge >= 0.3 is 0 Å². The molecular formula is C11H14N2O3S. The van der Waals surface area contributed by atoms with Crippen LogP contribution in [0.5, 0.6) is 0 Å². The van der Waals surface area contributed by atoms with Crippen molar-refractivity contribution in [3.05, 3.63) is 29.8 Å². The number of carbonyl (C=O) groups excluding carboxylic acids is 1. The Morgan fingerprint density at radius 2 is 1.71 bits per heavy atom. The van der Waals surface area contributed by atoms with E-state index >= 15 is 0 Å². The highest BCUT2D eigenvalue weighted by atomic mass is 32.2. The van der Waals surface area contributed by atoms with Crippen LogP contribution in [0, 0.1) is 0 Å². The lowest BCUT2D eigenvalue weighted by Crippen LogP contribution is -2.15. The van der Waals surface area contributed by atoms with Crippen molar-refractivity contribution < 1.29 is 13.2 Å². The van der Waals surface area contributed by atoms with E-state index in [0.717, 1.165) is 11.8 Å². The third-order valence-electron chi connectivity index (χ3n) is 2.08. The molecule has 0 heterocycles. The van der Waals surface area contributed by atoms with Gasteiger partial charge in [0.15, 0.2) is 9.84 Å². The number of amides is 1. The van der Waals surface area contributed by atoms with Crippen molar-refractivity contribution in [2.24, 2.45) is 5.10 Å². The second kappa shape index (κ2) is 5.09. The molecule has 0 saturated carbocycles. The topological polar surface area (TPSA) is 75.6 Å². The summed E-state index contributed by atoms with van der Waals surface area (Å²) in [6.45, 7) is 3.09. The first-order valence-electron chi connectivity index (χ1n) is 4.92. The number of nitrogens with zero attached hydrogens (tertiary/aromatic N) is 1. The van der Waals surface area contributed by atoms with Crippen molar-refractivity contribution in [2.75, 3.05) is 6.26 Å². The second-order valence-corrected chi connectivity index (χ2v) is 5.68. The van der Waals surface area contributed by atoms with Gasteiger partial charge in [-0.1, -0.05) is 12.1 Å². The Hall–Kier alpha value is -1.69. The van der Waals surface area contributed by atoms with Crippen LogP contribution in [0.3, 0.4) is 0 Å². The zero-order valence-corrected chi connectivity index (χ0v) is 10.7. The molecule has 6 heteroatoms. The minimum Gasteiger partial charge on any atom is -0.274 e. The number of carbonyl (C=O) groups is 1. The third-order valence-corrected chi connectivity index (χ3v) is 3.21. The summed E-state index contributed by atoms with van der Waals surface area (Å²) in [5, 5.41) is 3.85. The molecule has 17 heavy (non-hydrogen) atoms. The zero-order chi connectivity index (χ0) is 13.1. The minimum absolute atomic E-state index is 0.253. The molecule has 1 aromatic rings. The maximum atomic E-state index is 11.2. The molecule has 0 spiro atoms. The molecule has 0 bridgehead atoms. The van der Waals surface area contributed by atoms with E-state index in [0.29, 0.717) is 5.71 Å². The predicted octanol–water partition coefficient (Wildman–Crippen LogP) is 0.950. The second-order valence-electron chi connectivity index (χ2n) is 3.66. The molecule has 0 atom stereocenters. The van der Waals surface area contributed by atoms with Gasteiger partial charge in [-0.2, -0.15) is 5.10 Å². The Labute approximate surface area is 100 Å². The molecule has 0 aliphatic carbocycles. The fourth-order valence-corrected chi connectivity index (χ4v) is 1.80. The van der Waals surface area contributed by atoms with Crippen molar-refractivity contribution in [3.63, 3.8) is 0 Å². The summed E-state index contributed by atoms with van der Waals surface area (Å²) in [5.41, 5.74) is 3.69. The summed E-state index contributed by atoms with van der Waals surface area (Å²) in [4.78, 5) is 10.9. The molecule has 1 aromatic carbocycles. The maximum Gasteiger partial charge on any atom is 0.236 e. The van der Waals surface area contributed by atoms with E-state index in [-0.39, 0.29) is 10.8 Å². The molecule has 0 aliphatic heterocycles. The average molecular weight is 254 g/mol. The lowest BCUT2D eigenvalue weighted by atomic mass is 10.1. The highest BCUT2D eigenvalue weighted by molar-refractivity contribution is 7.90. The van der Waals surface area contributed by atoms with Gasteiger partial charge in [0.1, 0.15) is 0 Å². The van der Waals surface area contributed by atoms with E-state index in [1.165, 1.54) is 19.1 Å². The quantitative estimate of drug-likeness (QED) is 0.644. The van der Waals surface area contributed by atoms with Crippen molar-refractivity contribution >= 4 is 21.5 Å². The molecule has 0 aromatic heterocycles.